The quantitative estimate of drug-likeness (QED) is 0.652. The molecule has 0 saturated carbocycles. The maximum absolute atomic E-state index is 13.1. The molecule has 34 heavy (non-hydrogen) atoms. The van der Waals surface area contributed by atoms with Crippen molar-refractivity contribution in [1.29, 1.82) is 5.26 Å². The van der Waals surface area contributed by atoms with Crippen molar-refractivity contribution in [3.8, 4) is 6.07 Å². The van der Waals surface area contributed by atoms with Gasteiger partial charge in [-0.1, -0.05) is 0 Å². The lowest BCUT2D eigenvalue weighted by Gasteiger charge is -2.36. The SMILES string of the molecule is N#CC1CN(c2nc(Nc3cc(C(F)(F)F)ccn3)cc(C3CCCN(C(=O)C(F)F)C3)n2)C1. The van der Waals surface area contributed by atoms with E-state index >= 15 is 0 Å². The van der Waals surface area contributed by atoms with Crippen molar-refractivity contribution < 1.29 is 26.7 Å². The number of nitriles is 1. The van der Waals surface area contributed by atoms with Crippen LogP contribution in [0.4, 0.5) is 39.5 Å². The third kappa shape index (κ3) is 5.16. The number of rotatable bonds is 5. The highest BCUT2D eigenvalue weighted by molar-refractivity contribution is 5.79. The van der Waals surface area contributed by atoms with Crippen LogP contribution < -0.4 is 10.2 Å². The Balaban J connectivity index is 1.63. The number of pyridine rings is 1. The van der Waals surface area contributed by atoms with Crippen LogP contribution in [0.15, 0.2) is 24.4 Å². The van der Waals surface area contributed by atoms with Crippen molar-refractivity contribution in [1.82, 2.24) is 19.9 Å². The molecular formula is C21H20F5N7O. The Labute approximate surface area is 191 Å². The fourth-order valence-electron chi connectivity index (χ4n) is 3.95. The molecule has 0 aromatic carbocycles. The van der Waals surface area contributed by atoms with Crippen molar-refractivity contribution in [3.05, 3.63) is 35.7 Å². The number of piperidine rings is 1. The Morgan fingerprint density at radius 1 is 1.18 bits per heavy atom. The molecule has 4 heterocycles. The first-order valence-corrected chi connectivity index (χ1v) is 10.5. The molecular weight excluding hydrogens is 461 g/mol. The van der Waals surface area contributed by atoms with Gasteiger partial charge in [0.1, 0.15) is 11.6 Å². The highest BCUT2D eigenvalue weighted by atomic mass is 19.4. The van der Waals surface area contributed by atoms with Gasteiger partial charge in [-0.05, 0) is 25.0 Å². The number of aromatic nitrogens is 3. The first-order chi connectivity index (χ1) is 16.1. The standard InChI is InChI=1S/C21H20F5N7O/c22-18(23)19(34)32-5-1-2-13(11-32)15-7-17(31-20(29-15)33-9-12(8-27)10-33)30-16-6-14(3-4-28-16)21(24,25)26/h3-4,6-7,12-13,18H,1-2,5,9-11H2,(H,28,29,30,31). The molecule has 8 nitrogen and oxygen atoms in total. The lowest BCUT2D eigenvalue weighted by molar-refractivity contribution is -0.144. The molecule has 1 amide bonds. The second-order valence-corrected chi connectivity index (χ2v) is 8.19. The number of hydrogen-bond donors (Lipinski definition) is 1. The molecule has 13 heteroatoms. The second-order valence-electron chi connectivity index (χ2n) is 8.19. The zero-order valence-corrected chi connectivity index (χ0v) is 17.8. The van der Waals surface area contributed by atoms with Crippen molar-refractivity contribution in [2.24, 2.45) is 5.92 Å². The number of halogens is 5. The number of nitrogens with zero attached hydrogens (tertiary/aromatic N) is 6. The summed E-state index contributed by atoms with van der Waals surface area (Å²) < 4.78 is 65.0. The summed E-state index contributed by atoms with van der Waals surface area (Å²) in [4.78, 5) is 27.4. The van der Waals surface area contributed by atoms with Crippen LogP contribution in [-0.2, 0) is 11.0 Å². The molecule has 2 fully saturated rings. The fourth-order valence-corrected chi connectivity index (χ4v) is 3.95. The van der Waals surface area contributed by atoms with Crippen LogP contribution in [0.5, 0.6) is 0 Å². The number of alkyl halides is 5. The summed E-state index contributed by atoms with van der Waals surface area (Å²) >= 11 is 0. The molecule has 1 unspecified atom stereocenters. The Hall–Kier alpha value is -3.56. The number of hydrogen-bond acceptors (Lipinski definition) is 7. The van der Waals surface area contributed by atoms with Crippen LogP contribution in [0.1, 0.15) is 30.0 Å². The maximum atomic E-state index is 13.1. The summed E-state index contributed by atoms with van der Waals surface area (Å²) in [5, 5.41) is 11.8. The van der Waals surface area contributed by atoms with Crippen molar-refractivity contribution in [3.63, 3.8) is 0 Å². The largest absolute Gasteiger partial charge is 0.416 e. The van der Waals surface area contributed by atoms with Gasteiger partial charge >= 0.3 is 12.6 Å². The van der Waals surface area contributed by atoms with E-state index in [1.54, 1.807) is 4.90 Å². The van der Waals surface area contributed by atoms with Gasteiger partial charge in [-0.2, -0.15) is 32.2 Å². The molecule has 2 aliphatic rings. The predicted molar refractivity (Wildman–Crippen MR) is 110 cm³/mol. The second kappa shape index (κ2) is 9.36. The Morgan fingerprint density at radius 3 is 2.62 bits per heavy atom. The molecule has 2 saturated heterocycles. The summed E-state index contributed by atoms with van der Waals surface area (Å²) in [6, 6.07) is 5.36. The zero-order valence-electron chi connectivity index (χ0n) is 17.8. The molecule has 1 atom stereocenters. The van der Waals surface area contributed by atoms with E-state index in [4.69, 9.17) is 5.26 Å². The minimum Gasteiger partial charge on any atom is -0.338 e. The van der Waals surface area contributed by atoms with Gasteiger partial charge in [0.2, 0.25) is 5.95 Å². The van der Waals surface area contributed by atoms with Crippen LogP contribution in [0, 0.1) is 17.2 Å². The molecule has 1 N–H and O–H groups in total. The van der Waals surface area contributed by atoms with E-state index in [9.17, 15) is 26.7 Å². The number of carbonyl (C=O) groups is 1. The highest BCUT2D eigenvalue weighted by Crippen LogP contribution is 2.33. The van der Waals surface area contributed by atoms with Crippen LogP contribution >= 0.6 is 0 Å². The van der Waals surface area contributed by atoms with Gasteiger partial charge in [-0.15, -0.1) is 0 Å². The van der Waals surface area contributed by atoms with Gasteiger partial charge in [-0.3, -0.25) is 4.79 Å². The molecule has 0 aliphatic carbocycles. The van der Waals surface area contributed by atoms with Gasteiger partial charge in [-0.25, -0.2) is 9.97 Å². The first kappa shape index (κ1) is 23.6. The van der Waals surface area contributed by atoms with E-state index in [2.05, 4.69) is 26.3 Å². The van der Waals surface area contributed by atoms with E-state index in [-0.39, 0.29) is 42.5 Å². The molecule has 2 aromatic heterocycles. The third-order valence-electron chi connectivity index (χ3n) is 5.76. The van der Waals surface area contributed by atoms with Gasteiger partial charge < -0.3 is 15.1 Å². The van der Waals surface area contributed by atoms with Crippen LogP contribution in [0.25, 0.3) is 0 Å². The van der Waals surface area contributed by atoms with Crippen LogP contribution in [0.3, 0.4) is 0 Å². The number of carbonyl (C=O) groups excluding carboxylic acids is 1. The molecule has 0 radical (unpaired) electrons. The number of likely N-dealkylation sites (tertiary alicyclic amines) is 1. The van der Waals surface area contributed by atoms with Gasteiger partial charge in [0.25, 0.3) is 5.91 Å². The van der Waals surface area contributed by atoms with E-state index in [1.807, 2.05) is 0 Å². The first-order valence-electron chi connectivity index (χ1n) is 10.5. The Bertz CT molecular complexity index is 1100. The lowest BCUT2D eigenvalue weighted by atomic mass is 9.94. The number of amides is 1. The topological polar surface area (TPSA) is 98.0 Å². The summed E-state index contributed by atoms with van der Waals surface area (Å²) in [7, 11) is 0. The fraction of sp³-hybridized carbons (Fsp3) is 0.476. The minimum absolute atomic E-state index is 0.0433. The predicted octanol–water partition coefficient (Wildman–Crippen LogP) is 3.56. The lowest BCUT2D eigenvalue weighted by Crippen LogP contribution is -2.47. The summed E-state index contributed by atoms with van der Waals surface area (Å²) in [5.41, 5.74) is -0.417. The smallest absolute Gasteiger partial charge is 0.338 e. The van der Waals surface area contributed by atoms with E-state index in [0.717, 1.165) is 23.2 Å². The van der Waals surface area contributed by atoms with E-state index in [0.29, 0.717) is 31.6 Å². The molecule has 2 aromatic rings. The summed E-state index contributed by atoms with van der Waals surface area (Å²) in [5.74, 6) is -1.45. The van der Waals surface area contributed by atoms with Crippen LogP contribution in [-0.4, -0.2) is 58.4 Å². The Morgan fingerprint density at radius 2 is 1.94 bits per heavy atom. The van der Waals surface area contributed by atoms with Crippen molar-refractivity contribution in [2.45, 2.75) is 31.4 Å². The average Bonchev–Trinajstić information content (AvgIpc) is 2.77. The minimum atomic E-state index is -4.55. The Kier molecular flexibility index (Phi) is 6.49. The maximum Gasteiger partial charge on any atom is 0.416 e. The summed E-state index contributed by atoms with van der Waals surface area (Å²) in [6.07, 6.45) is -5.54. The normalized spacial score (nSPS) is 19.0. The van der Waals surface area contributed by atoms with Crippen molar-refractivity contribution in [2.75, 3.05) is 36.4 Å². The summed E-state index contributed by atoms with van der Waals surface area (Å²) in [6.45, 7) is 1.04. The molecule has 4 rings (SSSR count). The van der Waals surface area contributed by atoms with Crippen molar-refractivity contribution >= 4 is 23.5 Å². The van der Waals surface area contributed by atoms with Gasteiger partial charge in [0, 0.05) is 44.4 Å². The monoisotopic (exact) mass is 481 g/mol. The highest BCUT2D eigenvalue weighted by Gasteiger charge is 2.33. The molecule has 180 valence electrons. The molecule has 0 spiro atoms. The average molecular weight is 481 g/mol. The third-order valence-corrected chi connectivity index (χ3v) is 5.76. The van der Waals surface area contributed by atoms with E-state index in [1.165, 1.54) is 6.07 Å². The molecule has 0 bridgehead atoms. The van der Waals surface area contributed by atoms with E-state index < -0.39 is 24.1 Å². The van der Waals surface area contributed by atoms with Gasteiger partial charge in [0.15, 0.2) is 0 Å². The molecule has 2 aliphatic heterocycles. The van der Waals surface area contributed by atoms with Gasteiger partial charge in [0.05, 0.1) is 23.2 Å². The number of anilines is 3. The zero-order chi connectivity index (χ0) is 24.5. The van der Waals surface area contributed by atoms with Crippen LogP contribution in [0.2, 0.25) is 0 Å². The number of nitrogens with one attached hydrogen (secondary N) is 1.